The average Bonchev–Trinajstić information content (AvgIpc) is 2.77. The van der Waals surface area contributed by atoms with E-state index in [4.69, 9.17) is 0 Å². The zero-order chi connectivity index (χ0) is 11.5. The SMILES string of the molecule is CC(=O)SC1CC(=O)N(Cc2ncc[nH]2)C1. The van der Waals surface area contributed by atoms with E-state index < -0.39 is 0 Å². The van der Waals surface area contributed by atoms with E-state index in [0.717, 1.165) is 5.82 Å². The molecule has 1 unspecified atom stereocenters. The van der Waals surface area contributed by atoms with Crippen LogP contribution >= 0.6 is 11.8 Å². The summed E-state index contributed by atoms with van der Waals surface area (Å²) in [7, 11) is 0. The summed E-state index contributed by atoms with van der Waals surface area (Å²) in [5.74, 6) is 0.872. The maximum Gasteiger partial charge on any atom is 0.224 e. The van der Waals surface area contributed by atoms with Crippen molar-refractivity contribution in [1.29, 1.82) is 0 Å². The van der Waals surface area contributed by atoms with Crippen LogP contribution < -0.4 is 0 Å². The standard InChI is InChI=1S/C10H13N3O2S/c1-7(14)16-8-4-10(15)13(5-8)6-9-11-2-3-12-9/h2-3,8H,4-6H2,1H3,(H,11,12). The number of rotatable bonds is 3. The van der Waals surface area contributed by atoms with Gasteiger partial charge in [-0.05, 0) is 0 Å². The summed E-state index contributed by atoms with van der Waals surface area (Å²) in [6, 6.07) is 0. The molecule has 0 spiro atoms. The molecule has 1 aromatic rings. The van der Waals surface area contributed by atoms with Crippen molar-refractivity contribution in [2.24, 2.45) is 0 Å². The summed E-state index contributed by atoms with van der Waals surface area (Å²) in [6.45, 7) is 2.66. The molecule has 1 fully saturated rings. The van der Waals surface area contributed by atoms with Crippen LogP contribution in [0.5, 0.6) is 0 Å². The molecule has 0 bridgehead atoms. The first-order chi connectivity index (χ1) is 7.65. The van der Waals surface area contributed by atoms with Gasteiger partial charge in [-0.3, -0.25) is 9.59 Å². The highest BCUT2D eigenvalue weighted by Crippen LogP contribution is 2.24. The highest BCUT2D eigenvalue weighted by Gasteiger charge is 2.31. The van der Waals surface area contributed by atoms with Crippen LogP contribution in [0.4, 0.5) is 0 Å². The van der Waals surface area contributed by atoms with Crippen LogP contribution in [-0.2, 0) is 16.1 Å². The summed E-state index contributed by atoms with van der Waals surface area (Å²) >= 11 is 1.25. The molecule has 0 aliphatic carbocycles. The van der Waals surface area contributed by atoms with Gasteiger partial charge in [0, 0.05) is 37.5 Å². The molecule has 5 nitrogen and oxygen atoms in total. The second kappa shape index (κ2) is 4.69. The van der Waals surface area contributed by atoms with Crippen LogP contribution in [0.1, 0.15) is 19.2 Å². The largest absolute Gasteiger partial charge is 0.347 e. The molecule has 1 aromatic heterocycles. The molecule has 0 saturated carbocycles. The number of nitrogens with one attached hydrogen (secondary N) is 1. The van der Waals surface area contributed by atoms with E-state index in [9.17, 15) is 9.59 Å². The Morgan fingerprint density at radius 3 is 3.19 bits per heavy atom. The molecule has 6 heteroatoms. The summed E-state index contributed by atoms with van der Waals surface area (Å²) in [5, 5.41) is 0.164. The minimum atomic E-state index is 0.0673. The molecule has 1 aliphatic rings. The lowest BCUT2D eigenvalue weighted by molar-refractivity contribution is -0.128. The normalized spacial score (nSPS) is 20.4. The number of hydrogen-bond donors (Lipinski definition) is 1. The number of carbonyl (C=O) groups excluding carboxylic acids is 2. The fraction of sp³-hybridized carbons (Fsp3) is 0.500. The Labute approximate surface area is 97.6 Å². The zero-order valence-corrected chi connectivity index (χ0v) is 9.79. The van der Waals surface area contributed by atoms with Crippen LogP contribution in [0.25, 0.3) is 0 Å². The van der Waals surface area contributed by atoms with Gasteiger partial charge in [0.2, 0.25) is 5.91 Å². The van der Waals surface area contributed by atoms with E-state index in [0.29, 0.717) is 19.5 Å². The number of hydrogen-bond acceptors (Lipinski definition) is 4. The summed E-state index contributed by atoms with van der Waals surface area (Å²) in [4.78, 5) is 31.4. The van der Waals surface area contributed by atoms with Gasteiger partial charge in [0.1, 0.15) is 5.82 Å². The van der Waals surface area contributed by atoms with Gasteiger partial charge in [0.25, 0.3) is 0 Å². The van der Waals surface area contributed by atoms with E-state index in [1.165, 1.54) is 18.7 Å². The van der Waals surface area contributed by atoms with Crippen molar-refractivity contribution in [3.8, 4) is 0 Å². The Morgan fingerprint density at radius 2 is 2.56 bits per heavy atom. The number of carbonyl (C=O) groups is 2. The summed E-state index contributed by atoms with van der Waals surface area (Å²) < 4.78 is 0. The van der Waals surface area contributed by atoms with E-state index in [-0.39, 0.29) is 16.3 Å². The molecule has 1 saturated heterocycles. The molecule has 0 aromatic carbocycles. The van der Waals surface area contributed by atoms with Gasteiger partial charge in [-0.15, -0.1) is 0 Å². The monoisotopic (exact) mass is 239 g/mol. The van der Waals surface area contributed by atoms with E-state index in [2.05, 4.69) is 9.97 Å². The lowest BCUT2D eigenvalue weighted by atomic mass is 10.4. The Hall–Kier alpha value is -1.30. The number of thioether (sulfide) groups is 1. The molecule has 2 rings (SSSR count). The smallest absolute Gasteiger partial charge is 0.224 e. The number of imidazole rings is 1. The summed E-state index contributed by atoms with van der Waals surface area (Å²) in [6.07, 6.45) is 3.85. The average molecular weight is 239 g/mol. The minimum absolute atomic E-state index is 0.0673. The van der Waals surface area contributed by atoms with Crippen LogP contribution in [0.15, 0.2) is 12.4 Å². The molecule has 2 heterocycles. The van der Waals surface area contributed by atoms with Gasteiger partial charge in [-0.1, -0.05) is 11.8 Å². The Kier molecular flexibility index (Phi) is 3.28. The fourth-order valence-corrected chi connectivity index (χ4v) is 2.72. The van der Waals surface area contributed by atoms with Gasteiger partial charge in [-0.2, -0.15) is 0 Å². The van der Waals surface area contributed by atoms with Crippen molar-refractivity contribution in [3.63, 3.8) is 0 Å². The Bertz CT molecular complexity index is 391. The highest BCUT2D eigenvalue weighted by atomic mass is 32.2. The lowest BCUT2D eigenvalue weighted by Crippen LogP contribution is -2.25. The van der Waals surface area contributed by atoms with Crippen molar-refractivity contribution in [2.45, 2.75) is 25.1 Å². The van der Waals surface area contributed by atoms with Crippen LogP contribution in [0.2, 0.25) is 0 Å². The van der Waals surface area contributed by atoms with E-state index >= 15 is 0 Å². The molecule has 1 atom stereocenters. The van der Waals surface area contributed by atoms with Crippen molar-refractivity contribution < 1.29 is 9.59 Å². The van der Waals surface area contributed by atoms with Crippen LogP contribution in [0.3, 0.4) is 0 Å². The third-order valence-electron chi connectivity index (χ3n) is 2.41. The molecular weight excluding hydrogens is 226 g/mol. The number of H-pyrrole nitrogens is 1. The van der Waals surface area contributed by atoms with Gasteiger partial charge < -0.3 is 9.88 Å². The van der Waals surface area contributed by atoms with Crippen molar-refractivity contribution >= 4 is 22.8 Å². The zero-order valence-electron chi connectivity index (χ0n) is 8.97. The van der Waals surface area contributed by atoms with Gasteiger partial charge in [-0.25, -0.2) is 4.98 Å². The van der Waals surface area contributed by atoms with Crippen molar-refractivity contribution in [3.05, 3.63) is 18.2 Å². The quantitative estimate of drug-likeness (QED) is 0.847. The second-order valence-electron chi connectivity index (χ2n) is 3.75. The minimum Gasteiger partial charge on any atom is -0.347 e. The number of nitrogens with zero attached hydrogens (tertiary/aromatic N) is 2. The number of aromatic nitrogens is 2. The maximum absolute atomic E-state index is 11.7. The van der Waals surface area contributed by atoms with Crippen LogP contribution in [0, 0.1) is 0 Å². The predicted octanol–water partition coefficient (Wildman–Crippen LogP) is 0.790. The van der Waals surface area contributed by atoms with Gasteiger partial charge in [0.15, 0.2) is 5.12 Å². The molecule has 1 amide bonds. The third kappa shape index (κ3) is 2.63. The second-order valence-corrected chi connectivity index (χ2v) is 5.22. The highest BCUT2D eigenvalue weighted by molar-refractivity contribution is 8.14. The predicted molar refractivity (Wildman–Crippen MR) is 60.7 cm³/mol. The Morgan fingerprint density at radius 1 is 1.75 bits per heavy atom. The topological polar surface area (TPSA) is 66.1 Å². The molecule has 86 valence electrons. The Balaban J connectivity index is 1.92. The molecule has 1 N–H and O–H groups in total. The first-order valence-corrected chi connectivity index (χ1v) is 5.96. The maximum atomic E-state index is 11.7. The first-order valence-electron chi connectivity index (χ1n) is 5.08. The number of likely N-dealkylation sites (tertiary alicyclic amines) is 1. The molecule has 0 radical (unpaired) electrons. The fourth-order valence-electron chi connectivity index (χ4n) is 1.77. The van der Waals surface area contributed by atoms with Crippen molar-refractivity contribution in [2.75, 3.05) is 6.54 Å². The molecule has 1 aliphatic heterocycles. The number of aromatic amines is 1. The van der Waals surface area contributed by atoms with E-state index in [1.807, 2.05) is 0 Å². The molecule has 16 heavy (non-hydrogen) atoms. The number of amides is 1. The van der Waals surface area contributed by atoms with Gasteiger partial charge in [0.05, 0.1) is 6.54 Å². The lowest BCUT2D eigenvalue weighted by Gasteiger charge is -2.14. The van der Waals surface area contributed by atoms with Crippen molar-refractivity contribution in [1.82, 2.24) is 14.9 Å². The first kappa shape index (κ1) is 11.2. The van der Waals surface area contributed by atoms with Crippen LogP contribution in [-0.4, -0.2) is 37.7 Å². The summed E-state index contributed by atoms with van der Waals surface area (Å²) in [5.41, 5.74) is 0. The van der Waals surface area contributed by atoms with E-state index in [1.54, 1.807) is 17.3 Å². The molecular formula is C10H13N3O2S. The third-order valence-corrected chi connectivity index (χ3v) is 3.39. The van der Waals surface area contributed by atoms with Gasteiger partial charge >= 0.3 is 0 Å².